The van der Waals surface area contributed by atoms with Gasteiger partial charge in [0.2, 0.25) is 0 Å². The van der Waals surface area contributed by atoms with Crippen LogP contribution in [0.25, 0.3) is 0 Å². The Morgan fingerprint density at radius 2 is 1.74 bits per heavy atom. The van der Waals surface area contributed by atoms with Gasteiger partial charge in [-0.3, -0.25) is 10.1 Å². The first-order valence-electron chi connectivity index (χ1n) is 9.42. The molecule has 5 heteroatoms. The van der Waals surface area contributed by atoms with E-state index >= 15 is 0 Å². The molecule has 144 valence electrons. The molecular weight excluding hydrogens is 356 g/mol. The number of ether oxygens (including phenoxy) is 1. The molecule has 0 heterocycles. The molecule has 0 fully saturated rings. The fourth-order valence-electron chi connectivity index (χ4n) is 2.87. The summed E-state index contributed by atoms with van der Waals surface area (Å²) in [5, 5.41) is 6.07. The number of thiocarbonyl (C=S) groups is 1. The lowest BCUT2D eigenvalue weighted by Crippen LogP contribution is -2.34. The molecule has 2 rings (SSSR count). The fourth-order valence-corrected chi connectivity index (χ4v) is 3.08. The average molecular weight is 385 g/mol. The highest BCUT2D eigenvalue weighted by Crippen LogP contribution is 2.19. The summed E-state index contributed by atoms with van der Waals surface area (Å²) in [4.78, 5) is 12.6. The Hall–Kier alpha value is -2.40. The smallest absolute Gasteiger partial charge is 0.261 e. The molecule has 0 aliphatic heterocycles. The van der Waals surface area contributed by atoms with E-state index in [9.17, 15) is 4.79 Å². The van der Waals surface area contributed by atoms with Gasteiger partial charge in [-0.05, 0) is 67.9 Å². The molecule has 0 aliphatic rings. The summed E-state index contributed by atoms with van der Waals surface area (Å²) in [5.74, 6) is 0.307. The van der Waals surface area contributed by atoms with Crippen molar-refractivity contribution in [1.29, 1.82) is 0 Å². The molecule has 4 nitrogen and oxygen atoms in total. The molecular formula is C22H28N2O2S. The number of carbonyl (C=O) groups excluding carboxylic acids is 1. The molecule has 0 bridgehead atoms. The topological polar surface area (TPSA) is 50.4 Å². The standard InChI is InChI=1S/C22H28N2O2S/c1-4-5-6-9-12-26-20-11-8-7-10-19(20)21(25)24-22(27)23-18-14-16(2)13-17(3)15-18/h7-8,10-11,13-15H,4-6,9,12H2,1-3H3,(H2,23,24,25,27). The van der Waals surface area contributed by atoms with E-state index in [0.717, 1.165) is 29.7 Å². The summed E-state index contributed by atoms with van der Waals surface area (Å²) in [5.41, 5.74) is 3.61. The number of carbonyl (C=O) groups is 1. The summed E-state index contributed by atoms with van der Waals surface area (Å²) >= 11 is 5.29. The maximum absolute atomic E-state index is 12.6. The summed E-state index contributed by atoms with van der Waals surface area (Å²) < 4.78 is 5.81. The maximum atomic E-state index is 12.6. The van der Waals surface area contributed by atoms with Gasteiger partial charge in [-0.2, -0.15) is 0 Å². The van der Waals surface area contributed by atoms with Gasteiger partial charge in [-0.25, -0.2) is 0 Å². The van der Waals surface area contributed by atoms with Crippen molar-refractivity contribution in [2.45, 2.75) is 46.5 Å². The quantitative estimate of drug-likeness (QED) is 0.473. The van der Waals surface area contributed by atoms with E-state index in [4.69, 9.17) is 17.0 Å². The van der Waals surface area contributed by atoms with E-state index in [-0.39, 0.29) is 11.0 Å². The highest BCUT2D eigenvalue weighted by molar-refractivity contribution is 7.80. The molecule has 0 saturated heterocycles. The van der Waals surface area contributed by atoms with Gasteiger partial charge >= 0.3 is 0 Å². The van der Waals surface area contributed by atoms with Gasteiger partial charge in [0.05, 0.1) is 12.2 Å². The molecule has 0 atom stereocenters. The number of rotatable bonds is 8. The first-order chi connectivity index (χ1) is 13.0. The Morgan fingerprint density at radius 3 is 2.44 bits per heavy atom. The van der Waals surface area contributed by atoms with Crippen LogP contribution in [-0.2, 0) is 0 Å². The van der Waals surface area contributed by atoms with Crippen LogP contribution in [0.15, 0.2) is 42.5 Å². The second-order valence-electron chi connectivity index (χ2n) is 6.69. The number of nitrogens with one attached hydrogen (secondary N) is 2. The zero-order valence-corrected chi connectivity index (χ0v) is 17.1. The molecule has 0 aliphatic carbocycles. The van der Waals surface area contributed by atoms with Crippen LogP contribution in [0.5, 0.6) is 5.75 Å². The van der Waals surface area contributed by atoms with E-state index in [2.05, 4.69) is 23.6 Å². The number of hydrogen-bond donors (Lipinski definition) is 2. The molecule has 2 N–H and O–H groups in total. The summed E-state index contributed by atoms with van der Waals surface area (Å²) in [7, 11) is 0. The van der Waals surface area contributed by atoms with E-state index in [1.165, 1.54) is 12.8 Å². The zero-order chi connectivity index (χ0) is 19.6. The molecule has 2 aromatic carbocycles. The molecule has 0 aromatic heterocycles. The molecule has 2 aromatic rings. The highest BCUT2D eigenvalue weighted by atomic mass is 32.1. The SMILES string of the molecule is CCCCCCOc1ccccc1C(=O)NC(=S)Nc1cc(C)cc(C)c1. The van der Waals surface area contributed by atoms with Gasteiger partial charge in [0.1, 0.15) is 5.75 Å². The molecule has 0 spiro atoms. The van der Waals surface area contributed by atoms with Gasteiger partial charge in [-0.15, -0.1) is 0 Å². The van der Waals surface area contributed by atoms with Crippen LogP contribution in [-0.4, -0.2) is 17.6 Å². The number of anilines is 1. The Morgan fingerprint density at radius 1 is 1.04 bits per heavy atom. The minimum Gasteiger partial charge on any atom is -0.493 e. The zero-order valence-electron chi connectivity index (χ0n) is 16.3. The normalized spacial score (nSPS) is 10.3. The van der Waals surface area contributed by atoms with Gasteiger partial charge < -0.3 is 10.1 Å². The third-order valence-electron chi connectivity index (χ3n) is 4.09. The molecule has 0 radical (unpaired) electrons. The van der Waals surface area contributed by atoms with E-state index in [1.54, 1.807) is 6.07 Å². The second kappa shape index (κ2) is 10.7. The Kier molecular flexibility index (Phi) is 8.27. The maximum Gasteiger partial charge on any atom is 0.261 e. The van der Waals surface area contributed by atoms with Crippen LogP contribution in [0.4, 0.5) is 5.69 Å². The average Bonchev–Trinajstić information content (AvgIpc) is 2.60. The fraction of sp³-hybridized carbons (Fsp3) is 0.364. The van der Waals surface area contributed by atoms with Crippen LogP contribution in [0, 0.1) is 13.8 Å². The molecule has 27 heavy (non-hydrogen) atoms. The van der Waals surface area contributed by atoms with E-state index < -0.39 is 0 Å². The van der Waals surface area contributed by atoms with Crippen LogP contribution < -0.4 is 15.4 Å². The van der Waals surface area contributed by atoms with Crippen LogP contribution in [0.3, 0.4) is 0 Å². The largest absolute Gasteiger partial charge is 0.493 e. The van der Waals surface area contributed by atoms with Crippen molar-refractivity contribution in [1.82, 2.24) is 5.32 Å². The Bertz CT molecular complexity index is 769. The third kappa shape index (κ3) is 7.02. The lowest BCUT2D eigenvalue weighted by Gasteiger charge is -2.13. The number of para-hydroxylation sites is 1. The minimum atomic E-state index is -0.277. The molecule has 0 unspecified atom stereocenters. The minimum absolute atomic E-state index is 0.266. The van der Waals surface area contributed by atoms with Crippen LogP contribution in [0.1, 0.15) is 54.1 Å². The molecule has 0 saturated carbocycles. The number of benzene rings is 2. The van der Waals surface area contributed by atoms with Gasteiger partial charge in [0.15, 0.2) is 5.11 Å². The summed E-state index contributed by atoms with van der Waals surface area (Å²) in [6.45, 7) is 6.83. The monoisotopic (exact) mass is 384 g/mol. The van der Waals surface area contributed by atoms with E-state index in [0.29, 0.717) is 17.9 Å². The van der Waals surface area contributed by atoms with E-state index in [1.807, 2.05) is 44.2 Å². The first-order valence-corrected chi connectivity index (χ1v) is 9.83. The lowest BCUT2D eigenvalue weighted by molar-refractivity contribution is 0.0973. The van der Waals surface area contributed by atoms with Crippen LogP contribution >= 0.6 is 12.2 Å². The number of unbranched alkanes of at least 4 members (excludes halogenated alkanes) is 3. The van der Waals surface area contributed by atoms with Crippen molar-refractivity contribution >= 4 is 28.9 Å². The summed E-state index contributed by atoms with van der Waals surface area (Å²) in [6.07, 6.45) is 4.50. The highest BCUT2D eigenvalue weighted by Gasteiger charge is 2.13. The van der Waals surface area contributed by atoms with Crippen molar-refractivity contribution in [3.63, 3.8) is 0 Å². The summed E-state index contributed by atoms with van der Waals surface area (Å²) in [6, 6.07) is 13.3. The predicted molar refractivity (Wildman–Crippen MR) is 116 cm³/mol. The second-order valence-corrected chi connectivity index (χ2v) is 7.10. The van der Waals surface area contributed by atoms with Crippen molar-refractivity contribution in [2.24, 2.45) is 0 Å². The van der Waals surface area contributed by atoms with Crippen LogP contribution in [0.2, 0.25) is 0 Å². The van der Waals surface area contributed by atoms with Gasteiger partial charge in [0, 0.05) is 5.69 Å². The van der Waals surface area contributed by atoms with Crippen molar-refractivity contribution in [2.75, 3.05) is 11.9 Å². The lowest BCUT2D eigenvalue weighted by atomic mass is 10.1. The first kappa shape index (κ1) is 20.9. The number of amides is 1. The number of aryl methyl sites for hydroxylation is 2. The van der Waals surface area contributed by atoms with Crippen molar-refractivity contribution in [3.05, 3.63) is 59.2 Å². The van der Waals surface area contributed by atoms with Gasteiger partial charge in [0.25, 0.3) is 5.91 Å². The Balaban J connectivity index is 1.95. The molecule has 1 amide bonds. The Labute approximate surface area is 167 Å². The predicted octanol–water partition coefficient (Wildman–Crippen LogP) is 5.39. The third-order valence-corrected chi connectivity index (χ3v) is 4.30. The van der Waals surface area contributed by atoms with Crippen molar-refractivity contribution in [3.8, 4) is 5.75 Å². The van der Waals surface area contributed by atoms with Gasteiger partial charge in [-0.1, -0.05) is 44.4 Å². The number of hydrogen-bond acceptors (Lipinski definition) is 3. The van der Waals surface area contributed by atoms with Crippen molar-refractivity contribution < 1.29 is 9.53 Å².